The number of benzene rings is 2. The third-order valence-corrected chi connectivity index (χ3v) is 4.70. The van der Waals surface area contributed by atoms with Crippen LogP contribution < -0.4 is 10.2 Å². The number of nitrogens with one attached hydrogen (secondary N) is 1. The molecule has 2 heterocycles. The summed E-state index contributed by atoms with van der Waals surface area (Å²) in [6.45, 7) is 9.17. The van der Waals surface area contributed by atoms with E-state index in [0.717, 1.165) is 17.1 Å². The van der Waals surface area contributed by atoms with Gasteiger partial charge in [-0.15, -0.1) is 5.10 Å². The predicted molar refractivity (Wildman–Crippen MR) is 98.8 cm³/mol. The second kappa shape index (κ2) is 5.77. The van der Waals surface area contributed by atoms with Gasteiger partial charge < -0.3 is 14.6 Å². The Morgan fingerprint density at radius 3 is 2.56 bits per heavy atom. The summed E-state index contributed by atoms with van der Waals surface area (Å²) < 4.78 is 5.76. The van der Waals surface area contributed by atoms with Gasteiger partial charge in [-0.3, -0.25) is 0 Å². The van der Waals surface area contributed by atoms with Gasteiger partial charge in [-0.1, -0.05) is 61.9 Å². The lowest BCUT2D eigenvalue weighted by molar-refractivity contribution is 0.503. The Bertz CT molecular complexity index is 914. The molecule has 1 aromatic heterocycles. The molecule has 0 spiro atoms. The summed E-state index contributed by atoms with van der Waals surface area (Å²) >= 11 is 0. The average molecular weight is 332 g/mol. The second-order valence-corrected chi connectivity index (χ2v) is 6.67. The summed E-state index contributed by atoms with van der Waals surface area (Å²) in [7, 11) is 0. The van der Waals surface area contributed by atoms with Crippen molar-refractivity contribution in [3.8, 4) is 0 Å². The molecular formula is C20H20N4O. The largest absolute Gasteiger partial charge is 0.406 e. The van der Waals surface area contributed by atoms with Crippen molar-refractivity contribution in [2.24, 2.45) is 0 Å². The maximum Gasteiger partial charge on any atom is 0.320 e. The minimum Gasteiger partial charge on any atom is -0.406 e. The molecule has 5 heteroatoms. The molecule has 0 radical (unpaired) electrons. The van der Waals surface area contributed by atoms with E-state index in [2.05, 4.69) is 59.0 Å². The molecule has 3 aromatic rings. The maximum absolute atomic E-state index is 5.76. The number of hydrogen-bond donors (Lipinski definition) is 1. The number of anilines is 3. The van der Waals surface area contributed by atoms with E-state index in [1.54, 1.807) is 0 Å². The van der Waals surface area contributed by atoms with Gasteiger partial charge in [0.25, 0.3) is 0 Å². The van der Waals surface area contributed by atoms with Crippen LogP contribution in [0.4, 0.5) is 17.4 Å². The van der Waals surface area contributed by atoms with Gasteiger partial charge in [0.15, 0.2) is 0 Å². The van der Waals surface area contributed by atoms with Gasteiger partial charge in [0.1, 0.15) is 6.54 Å². The van der Waals surface area contributed by atoms with Crippen molar-refractivity contribution < 1.29 is 4.42 Å². The number of rotatable bonds is 4. The molecule has 5 nitrogen and oxygen atoms in total. The molecule has 0 unspecified atom stereocenters. The van der Waals surface area contributed by atoms with Gasteiger partial charge in [0.2, 0.25) is 5.89 Å². The van der Waals surface area contributed by atoms with E-state index in [1.807, 2.05) is 36.4 Å². The topological polar surface area (TPSA) is 54.2 Å². The zero-order valence-corrected chi connectivity index (χ0v) is 14.4. The van der Waals surface area contributed by atoms with Crippen molar-refractivity contribution >= 4 is 17.4 Å². The smallest absolute Gasteiger partial charge is 0.320 e. The molecule has 0 saturated carbocycles. The fourth-order valence-corrected chi connectivity index (χ4v) is 3.20. The summed E-state index contributed by atoms with van der Waals surface area (Å²) in [5.41, 5.74) is 4.25. The minimum atomic E-state index is -0.109. The zero-order chi connectivity index (χ0) is 17.4. The van der Waals surface area contributed by atoms with Gasteiger partial charge in [0.05, 0.1) is 0 Å². The van der Waals surface area contributed by atoms with Crippen LogP contribution >= 0.6 is 0 Å². The van der Waals surface area contributed by atoms with Crippen molar-refractivity contribution in [1.29, 1.82) is 0 Å². The minimum absolute atomic E-state index is 0.109. The van der Waals surface area contributed by atoms with Gasteiger partial charge in [0, 0.05) is 22.5 Å². The molecule has 0 bridgehead atoms. The number of fused-ring (bicyclic) bond motifs is 1. The number of hydrogen-bond acceptors (Lipinski definition) is 5. The molecule has 1 aliphatic rings. The summed E-state index contributed by atoms with van der Waals surface area (Å²) in [6.07, 6.45) is 0. The number of para-hydroxylation sites is 2. The second-order valence-electron chi connectivity index (χ2n) is 6.67. The summed E-state index contributed by atoms with van der Waals surface area (Å²) in [5.74, 6) is 0.548. The number of nitrogens with zero attached hydrogens (tertiary/aromatic N) is 3. The molecule has 25 heavy (non-hydrogen) atoms. The van der Waals surface area contributed by atoms with Crippen molar-refractivity contribution in [2.45, 2.75) is 25.8 Å². The van der Waals surface area contributed by atoms with E-state index >= 15 is 0 Å². The first-order valence-electron chi connectivity index (χ1n) is 8.26. The first-order chi connectivity index (χ1) is 12.1. The molecule has 1 aliphatic heterocycles. The lowest BCUT2D eigenvalue weighted by Gasteiger charge is -2.24. The van der Waals surface area contributed by atoms with Crippen LogP contribution in [-0.2, 0) is 12.0 Å². The van der Waals surface area contributed by atoms with Gasteiger partial charge in [-0.05, 0) is 23.8 Å². The van der Waals surface area contributed by atoms with Gasteiger partial charge in [-0.25, -0.2) is 0 Å². The summed E-state index contributed by atoms with van der Waals surface area (Å²) in [4.78, 5) is 2.15. The summed E-state index contributed by atoms with van der Waals surface area (Å²) in [5, 5.41) is 11.4. The van der Waals surface area contributed by atoms with Crippen molar-refractivity contribution in [2.75, 3.05) is 10.2 Å². The van der Waals surface area contributed by atoms with Crippen LogP contribution in [0.1, 0.15) is 25.3 Å². The third-order valence-electron chi connectivity index (χ3n) is 4.70. The predicted octanol–water partition coefficient (Wildman–Crippen LogP) is 4.62. The Hall–Kier alpha value is -3.08. The molecule has 0 saturated heterocycles. The first-order valence-corrected chi connectivity index (χ1v) is 8.26. The lowest BCUT2D eigenvalue weighted by atomic mass is 9.85. The quantitative estimate of drug-likeness (QED) is 0.755. The number of allylic oxidation sites excluding steroid dienone is 1. The van der Waals surface area contributed by atoms with Crippen LogP contribution in [0.2, 0.25) is 0 Å². The van der Waals surface area contributed by atoms with Crippen LogP contribution in [-0.4, -0.2) is 10.2 Å². The van der Waals surface area contributed by atoms with E-state index < -0.39 is 0 Å². The Balaban J connectivity index is 1.56. The van der Waals surface area contributed by atoms with Crippen LogP contribution in [0, 0.1) is 0 Å². The van der Waals surface area contributed by atoms with E-state index in [-0.39, 0.29) is 5.41 Å². The Morgan fingerprint density at radius 1 is 1.04 bits per heavy atom. The Kier molecular flexibility index (Phi) is 3.57. The van der Waals surface area contributed by atoms with Crippen LogP contribution in [0.3, 0.4) is 0 Å². The third kappa shape index (κ3) is 2.67. The normalized spacial score (nSPS) is 15.3. The van der Waals surface area contributed by atoms with Crippen molar-refractivity contribution in [3.05, 3.63) is 78.3 Å². The van der Waals surface area contributed by atoms with Crippen LogP contribution in [0.15, 0.2) is 71.3 Å². The fraction of sp³-hybridized carbons (Fsp3) is 0.200. The Labute approximate surface area is 147 Å². The van der Waals surface area contributed by atoms with Gasteiger partial charge in [-0.2, -0.15) is 0 Å². The molecule has 2 aromatic carbocycles. The maximum atomic E-state index is 5.76. The highest BCUT2D eigenvalue weighted by Crippen LogP contribution is 2.47. The highest BCUT2D eigenvalue weighted by Gasteiger charge is 2.39. The van der Waals surface area contributed by atoms with E-state index in [1.165, 1.54) is 5.56 Å². The Morgan fingerprint density at radius 2 is 1.76 bits per heavy atom. The highest BCUT2D eigenvalue weighted by molar-refractivity contribution is 5.69. The SMILES string of the molecule is C=C1N(Cc2nnc(Nc3ccccc3)o2)c2ccccc2C1(C)C. The summed E-state index contributed by atoms with van der Waals surface area (Å²) in [6, 6.07) is 18.5. The molecule has 126 valence electrons. The average Bonchev–Trinajstić information content (AvgIpc) is 3.13. The van der Waals surface area contributed by atoms with E-state index in [9.17, 15) is 0 Å². The van der Waals surface area contributed by atoms with E-state index in [4.69, 9.17) is 4.42 Å². The standard InChI is InChI=1S/C20H20N4O/c1-14-20(2,3)16-11-7-8-12-17(16)24(14)13-18-22-23-19(25-18)21-15-9-5-4-6-10-15/h4-12H,1,13H2,2-3H3,(H,21,23). The zero-order valence-electron chi connectivity index (χ0n) is 14.4. The molecule has 0 aliphatic carbocycles. The molecular weight excluding hydrogens is 312 g/mol. The molecule has 0 amide bonds. The molecule has 0 fully saturated rings. The van der Waals surface area contributed by atoms with E-state index in [0.29, 0.717) is 18.5 Å². The van der Waals surface area contributed by atoms with Gasteiger partial charge >= 0.3 is 6.01 Å². The fourth-order valence-electron chi connectivity index (χ4n) is 3.20. The lowest BCUT2D eigenvalue weighted by Crippen LogP contribution is -2.24. The first kappa shape index (κ1) is 15.4. The molecule has 4 rings (SSSR count). The molecule has 1 N–H and O–H groups in total. The highest BCUT2D eigenvalue weighted by atomic mass is 16.4. The van der Waals surface area contributed by atoms with Crippen molar-refractivity contribution in [3.63, 3.8) is 0 Å². The molecule has 0 atom stereocenters. The monoisotopic (exact) mass is 332 g/mol. The number of aromatic nitrogens is 2. The van der Waals surface area contributed by atoms with Crippen molar-refractivity contribution in [1.82, 2.24) is 10.2 Å². The van der Waals surface area contributed by atoms with Crippen LogP contribution in [0.5, 0.6) is 0 Å². The van der Waals surface area contributed by atoms with Crippen LogP contribution in [0.25, 0.3) is 0 Å².